The molecule has 0 heterocycles. The molecule has 3 nitrogen and oxygen atoms in total. The first-order valence-corrected chi connectivity index (χ1v) is 6.82. The van der Waals surface area contributed by atoms with Crippen molar-refractivity contribution in [2.75, 3.05) is 5.32 Å². The van der Waals surface area contributed by atoms with Gasteiger partial charge in [0.25, 0.3) is 5.91 Å². The number of hydrogen-bond acceptors (Lipinski definition) is 2. The summed E-state index contributed by atoms with van der Waals surface area (Å²) in [5.74, 6) is -1.20. The first-order valence-electron chi connectivity index (χ1n) is 6.03. The molecule has 0 spiro atoms. The van der Waals surface area contributed by atoms with Crippen molar-refractivity contribution in [3.8, 4) is 6.07 Å². The smallest absolute Gasteiger partial charge is 0.266 e. The highest BCUT2D eigenvalue weighted by Gasteiger charge is 2.11. The predicted octanol–water partition coefficient (Wildman–Crippen LogP) is 4.13. The Balaban J connectivity index is 2.24. The second-order valence-electron chi connectivity index (χ2n) is 4.16. The zero-order valence-corrected chi connectivity index (χ0v) is 12.4. The van der Waals surface area contributed by atoms with E-state index in [0.29, 0.717) is 5.56 Å². The fourth-order valence-corrected chi connectivity index (χ4v) is 2.08. The maximum Gasteiger partial charge on any atom is 0.266 e. The van der Waals surface area contributed by atoms with Crippen molar-refractivity contribution in [3.05, 3.63) is 70.0 Å². The lowest BCUT2D eigenvalue weighted by atomic mass is 10.1. The number of nitrogens with one attached hydrogen (secondary N) is 1. The van der Waals surface area contributed by atoms with Crippen LogP contribution in [0.4, 0.5) is 10.1 Å². The van der Waals surface area contributed by atoms with E-state index in [2.05, 4.69) is 21.2 Å². The number of anilines is 1. The second-order valence-corrected chi connectivity index (χ2v) is 5.07. The maximum atomic E-state index is 13.5. The average Bonchev–Trinajstić information content (AvgIpc) is 2.47. The zero-order chi connectivity index (χ0) is 15.2. The van der Waals surface area contributed by atoms with Crippen LogP contribution in [0.15, 0.2) is 58.6 Å². The molecule has 104 valence electrons. The molecule has 0 radical (unpaired) electrons. The Morgan fingerprint density at radius 1 is 1.24 bits per heavy atom. The topological polar surface area (TPSA) is 52.9 Å². The Labute approximate surface area is 129 Å². The van der Waals surface area contributed by atoms with Crippen molar-refractivity contribution in [3.63, 3.8) is 0 Å². The van der Waals surface area contributed by atoms with Gasteiger partial charge < -0.3 is 5.32 Å². The van der Waals surface area contributed by atoms with Gasteiger partial charge in [0.2, 0.25) is 0 Å². The summed E-state index contributed by atoms with van der Waals surface area (Å²) < 4.78 is 14.3. The first kappa shape index (κ1) is 14.9. The SMILES string of the molecule is N#C/C(=C\c1cccc(Br)c1)C(=O)Nc1ccccc1F. The molecule has 0 aliphatic heterocycles. The normalized spacial score (nSPS) is 10.8. The lowest BCUT2D eigenvalue weighted by Gasteiger charge is -2.05. The third-order valence-electron chi connectivity index (χ3n) is 2.65. The first-order chi connectivity index (χ1) is 10.1. The number of para-hydroxylation sites is 1. The molecule has 21 heavy (non-hydrogen) atoms. The van der Waals surface area contributed by atoms with Gasteiger partial charge in [-0.1, -0.05) is 40.2 Å². The lowest BCUT2D eigenvalue weighted by Crippen LogP contribution is -2.14. The Morgan fingerprint density at radius 2 is 2.00 bits per heavy atom. The summed E-state index contributed by atoms with van der Waals surface area (Å²) in [6.45, 7) is 0. The van der Waals surface area contributed by atoms with Crippen molar-refractivity contribution < 1.29 is 9.18 Å². The van der Waals surface area contributed by atoms with Crippen LogP contribution in [0, 0.1) is 17.1 Å². The van der Waals surface area contributed by atoms with E-state index >= 15 is 0 Å². The molecule has 2 rings (SSSR count). The molecular weight excluding hydrogens is 335 g/mol. The predicted molar refractivity (Wildman–Crippen MR) is 82.8 cm³/mol. The largest absolute Gasteiger partial charge is 0.319 e. The molecular formula is C16H10BrFN2O. The molecule has 1 amide bonds. The molecule has 0 atom stereocenters. The number of amides is 1. The van der Waals surface area contributed by atoms with Gasteiger partial charge in [0.15, 0.2) is 0 Å². The van der Waals surface area contributed by atoms with Crippen LogP contribution < -0.4 is 5.32 Å². The summed E-state index contributed by atoms with van der Waals surface area (Å²) in [6, 6.07) is 14.8. The van der Waals surface area contributed by atoms with Crippen LogP contribution in [0.5, 0.6) is 0 Å². The monoisotopic (exact) mass is 344 g/mol. The number of benzene rings is 2. The van der Waals surface area contributed by atoms with E-state index in [1.54, 1.807) is 24.3 Å². The number of nitriles is 1. The fraction of sp³-hybridized carbons (Fsp3) is 0. The third kappa shape index (κ3) is 4.01. The van der Waals surface area contributed by atoms with Gasteiger partial charge in [0.05, 0.1) is 5.69 Å². The van der Waals surface area contributed by atoms with Crippen molar-refractivity contribution in [1.82, 2.24) is 0 Å². The molecule has 0 fully saturated rings. The van der Waals surface area contributed by atoms with Gasteiger partial charge in [-0.3, -0.25) is 4.79 Å². The van der Waals surface area contributed by atoms with E-state index in [1.807, 2.05) is 12.1 Å². The molecule has 1 N–H and O–H groups in total. The van der Waals surface area contributed by atoms with Crippen molar-refractivity contribution in [2.24, 2.45) is 0 Å². The van der Waals surface area contributed by atoms with Crippen LogP contribution in [-0.2, 0) is 4.79 Å². The minimum Gasteiger partial charge on any atom is -0.319 e. The van der Waals surface area contributed by atoms with Gasteiger partial charge in [-0.05, 0) is 35.9 Å². The number of halogens is 2. The summed E-state index contributed by atoms with van der Waals surface area (Å²) in [5.41, 5.74) is 0.638. The molecule has 0 saturated heterocycles. The standard InChI is InChI=1S/C16H10BrFN2O/c17-13-5-3-4-11(9-13)8-12(10-19)16(21)20-15-7-2-1-6-14(15)18/h1-9H,(H,20,21)/b12-8+. The molecule has 0 bridgehead atoms. The highest BCUT2D eigenvalue weighted by atomic mass is 79.9. The zero-order valence-electron chi connectivity index (χ0n) is 10.8. The number of rotatable bonds is 3. The maximum absolute atomic E-state index is 13.5. The van der Waals surface area contributed by atoms with E-state index in [1.165, 1.54) is 24.3 Å². The molecule has 2 aromatic rings. The van der Waals surface area contributed by atoms with Gasteiger partial charge in [-0.25, -0.2) is 4.39 Å². The van der Waals surface area contributed by atoms with Gasteiger partial charge in [0.1, 0.15) is 17.5 Å². The van der Waals surface area contributed by atoms with Gasteiger partial charge in [0, 0.05) is 4.47 Å². The molecule has 0 aliphatic carbocycles. The van der Waals surface area contributed by atoms with Gasteiger partial charge in [-0.2, -0.15) is 5.26 Å². The molecule has 0 saturated carbocycles. The summed E-state index contributed by atoms with van der Waals surface area (Å²) >= 11 is 3.31. The fourth-order valence-electron chi connectivity index (χ4n) is 1.66. The van der Waals surface area contributed by atoms with Crippen molar-refractivity contribution in [1.29, 1.82) is 5.26 Å². The third-order valence-corrected chi connectivity index (χ3v) is 3.14. The van der Waals surface area contributed by atoms with Crippen molar-refractivity contribution in [2.45, 2.75) is 0 Å². The minimum atomic E-state index is -0.650. The minimum absolute atomic E-state index is 0.0397. The summed E-state index contributed by atoms with van der Waals surface area (Å²) in [5, 5.41) is 11.5. The molecule has 0 unspecified atom stereocenters. The van der Waals surface area contributed by atoms with Crippen LogP contribution >= 0.6 is 15.9 Å². The number of hydrogen-bond donors (Lipinski definition) is 1. The van der Waals surface area contributed by atoms with Crippen molar-refractivity contribution >= 4 is 33.6 Å². The Bertz CT molecular complexity index is 750. The Morgan fingerprint density at radius 3 is 2.67 bits per heavy atom. The summed E-state index contributed by atoms with van der Waals surface area (Å²) in [6.07, 6.45) is 1.45. The Kier molecular flexibility index (Phi) is 4.85. The van der Waals surface area contributed by atoms with Gasteiger partial charge in [-0.15, -0.1) is 0 Å². The number of nitrogens with zero attached hydrogens (tertiary/aromatic N) is 1. The van der Waals surface area contributed by atoms with E-state index in [4.69, 9.17) is 5.26 Å². The van der Waals surface area contributed by atoms with Crippen LogP contribution in [0.25, 0.3) is 6.08 Å². The summed E-state index contributed by atoms with van der Waals surface area (Å²) in [4.78, 5) is 12.0. The van der Waals surface area contributed by atoms with E-state index in [0.717, 1.165) is 4.47 Å². The van der Waals surface area contributed by atoms with Crippen LogP contribution in [0.2, 0.25) is 0 Å². The Hall–Kier alpha value is -2.45. The second kappa shape index (κ2) is 6.82. The van der Waals surface area contributed by atoms with E-state index in [9.17, 15) is 9.18 Å². The van der Waals surface area contributed by atoms with Crippen LogP contribution in [0.1, 0.15) is 5.56 Å². The average molecular weight is 345 g/mol. The van der Waals surface area contributed by atoms with Gasteiger partial charge >= 0.3 is 0 Å². The summed E-state index contributed by atoms with van der Waals surface area (Å²) in [7, 11) is 0. The van der Waals surface area contributed by atoms with Crippen LogP contribution in [0.3, 0.4) is 0 Å². The highest BCUT2D eigenvalue weighted by Crippen LogP contribution is 2.17. The quantitative estimate of drug-likeness (QED) is 0.672. The molecule has 0 aliphatic rings. The van der Waals surface area contributed by atoms with E-state index in [-0.39, 0.29) is 11.3 Å². The molecule has 2 aromatic carbocycles. The van der Waals surface area contributed by atoms with E-state index < -0.39 is 11.7 Å². The molecule has 5 heteroatoms. The lowest BCUT2D eigenvalue weighted by molar-refractivity contribution is -0.112. The number of carbonyl (C=O) groups excluding carboxylic acids is 1. The number of carbonyl (C=O) groups is 1. The highest BCUT2D eigenvalue weighted by molar-refractivity contribution is 9.10. The van der Waals surface area contributed by atoms with Crippen LogP contribution in [-0.4, -0.2) is 5.91 Å². The molecule has 0 aromatic heterocycles.